The van der Waals surface area contributed by atoms with E-state index in [0.29, 0.717) is 5.69 Å². The summed E-state index contributed by atoms with van der Waals surface area (Å²) in [6.45, 7) is 2.99. The molecule has 0 spiro atoms. The zero-order chi connectivity index (χ0) is 21.2. The lowest BCUT2D eigenvalue weighted by Gasteiger charge is -2.08. The van der Waals surface area contributed by atoms with Crippen LogP contribution in [0.4, 0.5) is 10.1 Å². The molecule has 0 amide bonds. The smallest absolute Gasteiger partial charge is 0.335 e. The van der Waals surface area contributed by atoms with Crippen LogP contribution in [-0.2, 0) is 0 Å². The van der Waals surface area contributed by atoms with Crippen molar-refractivity contribution in [1.29, 1.82) is 0 Å². The van der Waals surface area contributed by atoms with Crippen molar-refractivity contribution >= 4 is 11.7 Å². The van der Waals surface area contributed by atoms with Gasteiger partial charge >= 0.3 is 5.97 Å². The van der Waals surface area contributed by atoms with Gasteiger partial charge in [0.15, 0.2) is 0 Å². The highest BCUT2D eigenvalue weighted by molar-refractivity contribution is 5.88. The van der Waals surface area contributed by atoms with Gasteiger partial charge in [0.05, 0.1) is 11.3 Å². The first kappa shape index (κ1) is 25.5. The van der Waals surface area contributed by atoms with E-state index in [1.54, 1.807) is 0 Å². The maximum atomic E-state index is 13.8. The molecule has 0 saturated heterocycles. The first-order valence-corrected chi connectivity index (χ1v) is 11.9. The van der Waals surface area contributed by atoms with Crippen LogP contribution in [-0.4, -0.2) is 17.6 Å². The van der Waals surface area contributed by atoms with E-state index in [1.807, 2.05) is 0 Å². The lowest BCUT2D eigenvalue weighted by atomic mass is 10.0. The molecular weight excluding hydrogens is 365 g/mol. The number of carboxylic acid groups (broad SMARTS) is 1. The van der Waals surface area contributed by atoms with Crippen LogP contribution in [0.5, 0.6) is 0 Å². The van der Waals surface area contributed by atoms with E-state index in [-0.39, 0.29) is 5.56 Å². The summed E-state index contributed by atoms with van der Waals surface area (Å²) in [6.07, 6.45) is 21.4. The van der Waals surface area contributed by atoms with Crippen molar-refractivity contribution in [3.05, 3.63) is 29.6 Å². The summed E-state index contributed by atoms with van der Waals surface area (Å²) in [4.78, 5) is 10.8. The number of carbonyl (C=O) groups is 1. The highest BCUT2D eigenvalue weighted by atomic mass is 19.1. The Morgan fingerprint density at radius 1 is 0.793 bits per heavy atom. The summed E-state index contributed by atoms with van der Waals surface area (Å²) in [5.41, 5.74) is 0.367. The third-order valence-electron chi connectivity index (χ3n) is 5.56. The van der Waals surface area contributed by atoms with Crippen molar-refractivity contribution in [2.24, 2.45) is 0 Å². The molecule has 0 aromatic heterocycles. The van der Waals surface area contributed by atoms with Crippen molar-refractivity contribution in [2.45, 2.75) is 110 Å². The molecule has 0 heterocycles. The molecule has 29 heavy (non-hydrogen) atoms. The average Bonchev–Trinajstić information content (AvgIpc) is 2.71. The molecule has 2 N–H and O–H groups in total. The number of anilines is 1. The van der Waals surface area contributed by atoms with E-state index < -0.39 is 11.8 Å². The van der Waals surface area contributed by atoms with Crippen molar-refractivity contribution in [3.8, 4) is 0 Å². The number of rotatable bonds is 19. The van der Waals surface area contributed by atoms with Crippen molar-refractivity contribution in [3.63, 3.8) is 0 Å². The zero-order valence-electron chi connectivity index (χ0n) is 18.5. The van der Waals surface area contributed by atoms with Crippen LogP contribution in [0.25, 0.3) is 0 Å². The minimum Gasteiger partial charge on any atom is -0.478 e. The van der Waals surface area contributed by atoms with Gasteiger partial charge in [0.2, 0.25) is 0 Å². The van der Waals surface area contributed by atoms with Crippen LogP contribution >= 0.6 is 0 Å². The molecule has 4 heteroatoms. The van der Waals surface area contributed by atoms with Gasteiger partial charge in [-0.05, 0) is 24.6 Å². The van der Waals surface area contributed by atoms with E-state index >= 15 is 0 Å². The summed E-state index contributed by atoms with van der Waals surface area (Å²) >= 11 is 0. The maximum absolute atomic E-state index is 13.8. The number of hydrogen-bond acceptors (Lipinski definition) is 2. The molecular formula is C25H42FNO2. The largest absolute Gasteiger partial charge is 0.478 e. The number of carboxylic acids is 1. The van der Waals surface area contributed by atoms with Gasteiger partial charge in [0, 0.05) is 6.54 Å². The minimum atomic E-state index is -1.10. The summed E-state index contributed by atoms with van der Waals surface area (Å²) in [5, 5.41) is 11.9. The summed E-state index contributed by atoms with van der Waals surface area (Å²) < 4.78 is 13.8. The fourth-order valence-electron chi connectivity index (χ4n) is 3.69. The van der Waals surface area contributed by atoms with Crippen molar-refractivity contribution in [2.75, 3.05) is 11.9 Å². The first-order valence-electron chi connectivity index (χ1n) is 11.9. The van der Waals surface area contributed by atoms with Crippen LogP contribution < -0.4 is 5.32 Å². The second kappa shape index (κ2) is 17.3. The summed E-state index contributed by atoms with van der Waals surface area (Å²) in [6, 6.07) is 4.00. The Morgan fingerprint density at radius 2 is 1.24 bits per heavy atom. The predicted octanol–water partition coefficient (Wildman–Crippen LogP) is 8.20. The maximum Gasteiger partial charge on any atom is 0.335 e. The molecule has 0 radical (unpaired) electrons. The van der Waals surface area contributed by atoms with Gasteiger partial charge in [0.1, 0.15) is 5.82 Å². The molecule has 1 rings (SSSR count). The van der Waals surface area contributed by atoms with E-state index in [1.165, 1.54) is 102 Å². The number of halogens is 1. The van der Waals surface area contributed by atoms with Crippen LogP contribution in [0, 0.1) is 5.82 Å². The lowest BCUT2D eigenvalue weighted by molar-refractivity contribution is 0.0696. The van der Waals surface area contributed by atoms with Crippen LogP contribution in [0.1, 0.15) is 120 Å². The molecule has 3 nitrogen and oxygen atoms in total. The highest BCUT2D eigenvalue weighted by Gasteiger charge is 2.07. The Labute approximate surface area is 177 Å². The SMILES string of the molecule is CCCCCCCCCCCCCCCCCCNc1ccc(C(=O)O)cc1F. The van der Waals surface area contributed by atoms with Crippen LogP contribution in [0.2, 0.25) is 0 Å². The standard InChI is InChI=1S/C25H42FNO2/c1-2-3-4-5-6-7-8-9-10-11-12-13-14-15-16-17-20-27-24-19-18-22(25(28)29)21-23(24)26/h18-19,21,27H,2-17,20H2,1H3,(H,28,29). The molecule has 1 aromatic rings. The van der Waals surface area contributed by atoms with Gasteiger partial charge in [-0.1, -0.05) is 103 Å². The number of benzene rings is 1. The third-order valence-corrected chi connectivity index (χ3v) is 5.56. The Balaban J connectivity index is 1.85. The van der Waals surface area contributed by atoms with Crippen molar-refractivity contribution in [1.82, 2.24) is 0 Å². The Morgan fingerprint density at radius 3 is 1.66 bits per heavy atom. The zero-order valence-corrected chi connectivity index (χ0v) is 18.5. The average molecular weight is 408 g/mol. The van der Waals surface area contributed by atoms with E-state index in [4.69, 9.17) is 5.11 Å². The van der Waals surface area contributed by atoms with Crippen LogP contribution in [0.15, 0.2) is 18.2 Å². The first-order chi connectivity index (χ1) is 14.1. The van der Waals surface area contributed by atoms with Gasteiger partial charge in [-0.15, -0.1) is 0 Å². The quantitative estimate of drug-likeness (QED) is 0.227. The molecule has 0 aliphatic heterocycles. The Bertz CT molecular complexity index is 548. The normalized spacial score (nSPS) is 11.0. The molecule has 0 bridgehead atoms. The predicted molar refractivity (Wildman–Crippen MR) is 121 cm³/mol. The molecule has 0 aliphatic rings. The van der Waals surface area contributed by atoms with Gasteiger partial charge in [-0.3, -0.25) is 0 Å². The van der Waals surface area contributed by atoms with E-state index in [9.17, 15) is 9.18 Å². The minimum absolute atomic E-state index is 0.0181. The number of unbranched alkanes of at least 4 members (excludes halogenated alkanes) is 15. The molecule has 1 aromatic carbocycles. The summed E-state index contributed by atoms with van der Waals surface area (Å²) in [7, 11) is 0. The second-order valence-electron chi connectivity index (χ2n) is 8.23. The third kappa shape index (κ3) is 13.3. The van der Waals surface area contributed by atoms with Gasteiger partial charge in [-0.25, -0.2) is 9.18 Å². The van der Waals surface area contributed by atoms with Crippen LogP contribution in [0.3, 0.4) is 0 Å². The fraction of sp³-hybridized carbons (Fsp3) is 0.720. The molecule has 0 saturated carbocycles. The Hall–Kier alpha value is -1.58. The van der Waals surface area contributed by atoms with E-state index in [2.05, 4.69) is 12.2 Å². The van der Waals surface area contributed by atoms with Gasteiger partial charge < -0.3 is 10.4 Å². The number of nitrogens with one attached hydrogen (secondary N) is 1. The molecule has 0 fully saturated rings. The molecule has 0 aliphatic carbocycles. The van der Waals surface area contributed by atoms with Crippen molar-refractivity contribution < 1.29 is 14.3 Å². The topological polar surface area (TPSA) is 49.3 Å². The highest BCUT2D eigenvalue weighted by Crippen LogP contribution is 2.17. The summed E-state index contributed by atoms with van der Waals surface area (Å²) in [5.74, 6) is -1.60. The Kier molecular flexibility index (Phi) is 15.2. The van der Waals surface area contributed by atoms with Gasteiger partial charge in [-0.2, -0.15) is 0 Å². The monoisotopic (exact) mass is 407 g/mol. The lowest BCUT2D eigenvalue weighted by Crippen LogP contribution is -2.05. The number of hydrogen-bond donors (Lipinski definition) is 2. The number of aromatic carboxylic acids is 1. The molecule has 0 unspecified atom stereocenters. The van der Waals surface area contributed by atoms with Gasteiger partial charge in [0.25, 0.3) is 0 Å². The molecule has 166 valence electrons. The molecule has 0 atom stereocenters. The fourth-order valence-corrected chi connectivity index (χ4v) is 3.69. The van der Waals surface area contributed by atoms with E-state index in [0.717, 1.165) is 25.5 Å². The second-order valence-corrected chi connectivity index (χ2v) is 8.23.